The molecule has 0 bridgehead atoms. The van der Waals surface area contributed by atoms with Crippen molar-refractivity contribution in [1.29, 1.82) is 0 Å². The Morgan fingerprint density at radius 2 is 1.77 bits per heavy atom. The highest BCUT2D eigenvalue weighted by molar-refractivity contribution is 7.84. The van der Waals surface area contributed by atoms with Crippen LogP contribution in [0.2, 0.25) is 0 Å². The van der Waals surface area contributed by atoms with E-state index in [1.54, 1.807) is 36.3 Å². The number of fused-ring (bicyclic) bond motifs is 1. The number of ether oxygens (including phenoxy) is 1. The molecule has 11 heteroatoms. The molecule has 0 aliphatic carbocycles. The fourth-order valence-electron chi connectivity index (χ4n) is 3.60. The molecular weight excluding hydrogens is 523 g/mol. The monoisotopic (exact) mass is 564 g/mol. The first kappa shape index (κ1) is 33.7. The third kappa shape index (κ3) is 9.76. The van der Waals surface area contributed by atoms with Crippen LogP contribution in [0.15, 0.2) is 45.6 Å². The Bertz CT molecular complexity index is 1280. The van der Waals surface area contributed by atoms with E-state index in [9.17, 15) is 13.8 Å². The number of carbonyl (C=O) groups excluding carboxylic acids is 1. The van der Waals surface area contributed by atoms with Gasteiger partial charge in [-0.2, -0.15) is 0 Å². The minimum atomic E-state index is -1.62. The third-order valence-corrected chi connectivity index (χ3v) is 6.37. The van der Waals surface area contributed by atoms with E-state index in [2.05, 4.69) is 9.44 Å². The maximum Gasteiger partial charge on any atom is 0.340 e. The minimum absolute atomic E-state index is 0.0427. The lowest BCUT2D eigenvalue weighted by Gasteiger charge is -2.17. The van der Waals surface area contributed by atoms with Gasteiger partial charge in [0.1, 0.15) is 11.3 Å². The molecule has 0 radical (unpaired) electrons. The second-order valence-corrected chi connectivity index (χ2v) is 9.45. The predicted octanol–water partition coefficient (Wildman–Crippen LogP) is 4.31. The van der Waals surface area contributed by atoms with Crippen LogP contribution in [-0.4, -0.2) is 61.8 Å². The molecule has 3 rings (SSSR count). The molecule has 2 aromatic carbocycles. The van der Waals surface area contributed by atoms with E-state index >= 15 is 4.39 Å². The Hall–Kier alpha value is -3.28. The lowest BCUT2D eigenvalue weighted by Crippen LogP contribution is -2.20. The second-order valence-electron chi connectivity index (χ2n) is 8.30. The molecule has 0 aliphatic heterocycles. The van der Waals surface area contributed by atoms with Crippen molar-refractivity contribution in [3.05, 3.63) is 69.3 Å². The molecular formula is C28H41FN4O5S. The van der Waals surface area contributed by atoms with Crippen LogP contribution in [0.5, 0.6) is 5.75 Å². The maximum absolute atomic E-state index is 15.0. The van der Waals surface area contributed by atoms with Gasteiger partial charge in [0.05, 0.1) is 12.8 Å². The number of anilines is 1. The highest BCUT2D eigenvalue weighted by Crippen LogP contribution is 2.28. The Morgan fingerprint density at radius 1 is 1.10 bits per heavy atom. The summed E-state index contributed by atoms with van der Waals surface area (Å²) in [5, 5.41) is 0.769. The van der Waals surface area contributed by atoms with Crippen molar-refractivity contribution < 1.29 is 22.5 Å². The Balaban J connectivity index is 0.000000735. The van der Waals surface area contributed by atoms with E-state index in [1.165, 1.54) is 13.1 Å². The Labute approximate surface area is 233 Å². The summed E-state index contributed by atoms with van der Waals surface area (Å²) in [6.07, 6.45) is 0.904. The molecule has 1 amide bonds. The molecule has 0 fully saturated rings. The zero-order valence-corrected chi connectivity index (χ0v) is 24.9. The standard InChI is InChI=1S/C21H24FN3O4S.C5H11NO.C2H6/c1-23-30(27)24-18-7-5-6-13(20(18)22)10-16-17(12-25(2)3)15-9-8-14(28-4)11-19(15)29-21(16)26;1-3-6(4-2)5-7;1-2/h5-9,11,23-24H,10,12H2,1-4H3;5H,3-4H2,1-2H3;1-2H3. The smallest absolute Gasteiger partial charge is 0.340 e. The van der Waals surface area contributed by atoms with E-state index in [-0.39, 0.29) is 12.1 Å². The van der Waals surface area contributed by atoms with Crippen molar-refractivity contribution >= 4 is 34.2 Å². The molecule has 0 saturated heterocycles. The van der Waals surface area contributed by atoms with E-state index in [0.717, 1.165) is 30.4 Å². The first-order valence-corrected chi connectivity index (χ1v) is 13.9. The van der Waals surface area contributed by atoms with Gasteiger partial charge in [-0.1, -0.05) is 26.0 Å². The van der Waals surface area contributed by atoms with Crippen molar-refractivity contribution in [2.45, 2.75) is 40.7 Å². The lowest BCUT2D eigenvalue weighted by atomic mass is 9.97. The molecule has 9 nitrogen and oxygen atoms in total. The van der Waals surface area contributed by atoms with E-state index < -0.39 is 22.6 Å². The van der Waals surface area contributed by atoms with Gasteiger partial charge in [-0.05, 0) is 64.3 Å². The summed E-state index contributed by atoms with van der Waals surface area (Å²) < 4.78 is 42.5. The van der Waals surface area contributed by atoms with Gasteiger partial charge in [0, 0.05) is 43.1 Å². The van der Waals surface area contributed by atoms with Crippen molar-refractivity contribution in [3.8, 4) is 5.75 Å². The Kier molecular flexibility index (Phi) is 15.0. The summed E-state index contributed by atoms with van der Waals surface area (Å²) >= 11 is -1.62. The van der Waals surface area contributed by atoms with Crippen LogP contribution in [0, 0.1) is 5.82 Å². The molecule has 0 aliphatic rings. The third-order valence-electron chi connectivity index (χ3n) is 5.60. The highest BCUT2D eigenvalue weighted by Gasteiger charge is 2.19. The van der Waals surface area contributed by atoms with Crippen molar-refractivity contribution in [1.82, 2.24) is 14.5 Å². The SMILES string of the molecule is CC.CCN(C=O)CC.CNS(=O)Nc1cccc(Cc2c(CN(C)C)c3ccc(OC)cc3oc2=O)c1F. The summed E-state index contributed by atoms with van der Waals surface area (Å²) in [4.78, 5) is 26.4. The number of amides is 1. The first-order chi connectivity index (χ1) is 18.7. The van der Waals surface area contributed by atoms with Crippen molar-refractivity contribution in [3.63, 3.8) is 0 Å². The topological polar surface area (TPSA) is 104 Å². The number of halogens is 1. The number of nitrogens with zero attached hydrogens (tertiary/aromatic N) is 2. The zero-order valence-electron chi connectivity index (χ0n) is 24.1. The van der Waals surface area contributed by atoms with Crippen LogP contribution in [0.3, 0.4) is 0 Å². The fourth-order valence-corrected chi connectivity index (χ4v) is 4.05. The normalized spacial score (nSPS) is 11.1. The molecule has 1 heterocycles. The van der Waals surface area contributed by atoms with Gasteiger partial charge in [-0.15, -0.1) is 0 Å². The molecule has 0 spiro atoms. The van der Waals surface area contributed by atoms with Crippen LogP contribution in [-0.2, 0) is 28.9 Å². The van der Waals surface area contributed by atoms with Gasteiger partial charge >= 0.3 is 5.63 Å². The average Bonchev–Trinajstić information content (AvgIpc) is 2.94. The molecule has 39 heavy (non-hydrogen) atoms. The van der Waals surface area contributed by atoms with E-state index in [0.29, 0.717) is 29.0 Å². The largest absolute Gasteiger partial charge is 0.497 e. The van der Waals surface area contributed by atoms with Crippen LogP contribution in [0.1, 0.15) is 44.4 Å². The van der Waals surface area contributed by atoms with Crippen LogP contribution >= 0.6 is 0 Å². The van der Waals surface area contributed by atoms with Crippen molar-refractivity contribution in [2.75, 3.05) is 46.1 Å². The maximum atomic E-state index is 15.0. The summed E-state index contributed by atoms with van der Waals surface area (Å²) in [6.45, 7) is 10.0. The quantitative estimate of drug-likeness (QED) is 0.266. The molecule has 1 aromatic heterocycles. The first-order valence-electron chi connectivity index (χ1n) is 12.8. The van der Waals surface area contributed by atoms with E-state index in [4.69, 9.17) is 9.15 Å². The number of nitrogens with one attached hydrogen (secondary N) is 2. The zero-order chi connectivity index (χ0) is 29.5. The minimum Gasteiger partial charge on any atom is -0.497 e. The van der Waals surface area contributed by atoms with Gasteiger partial charge in [-0.3, -0.25) is 9.52 Å². The summed E-state index contributed by atoms with van der Waals surface area (Å²) in [5.41, 5.74) is 1.43. The van der Waals surface area contributed by atoms with Gasteiger partial charge < -0.3 is 19.0 Å². The van der Waals surface area contributed by atoms with Crippen LogP contribution in [0.25, 0.3) is 11.0 Å². The van der Waals surface area contributed by atoms with Gasteiger partial charge in [0.25, 0.3) is 0 Å². The molecule has 1 atom stereocenters. The predicted molar refractivity (Wildman–Crippen MR) is 157 cm³/mol. The van der Waals surface area contributed by atoms with Gasteiger partial charge in [0.15, 0.2) is 17.0 Å². The summed E-state index contributed by atoms with van der Waals surface area (Å²) in [6, 6.07) is 10.0. The van der Waals surface area contributed by atoms with Gasteiger partial charge in [-0.25, -0.2) is 18.1 Å². The molecule has 0 saturated carbocycles. The second kappa shape index (κ2) is 17.3. The fraction of sp³-hybridized carbons (Fsp3) is 0.429. The van der Waals surface area contributed by atoms with E-state index in [1.807, 2.05) is 52.8 Å². The van der Waals surface area contributed by atoms with Crippen LogP contribution < -0.4 is 19.8 Å². The highest BCUT2D eigenvalue weighted by atomic mass is 32.2. The average molecular weight is 565 g/mol. The van der Waals surface area contributed by atoms with Crippen LogP contribution in [0.4, 0.5) is 10.1 Å². The number of rotatable bonds is 11. The summed E-state index contributed by atoms with van der Waals surface area (Å²) in [5.74, 6) is 0.0164. The molecule has 3 aromatic rings. The number of methoxy groups -OCH3 is 1. The number of hydrogen-bond donors (Lipinski definition) is 2. The number of benzene rings is 2. The molecule has 216 valence electrons. The number of hydrogen-bond acceptors (Lipinski definition) is 6. The number of carbonyl (C=O) groups is 1. The summed E-state index contributed by atoms with van der Waals surface area (Å²) in [7, 11) is 6.82. The van der Waals surface area contributed by atoms with Crippen molar-refractivity contribution in [2.24, 2.45) is 0 Å². The molecule has 2 N–H and O–H groups in total. The lowest BCUT2D eigenvalue weighted by molar-refractivity contribution is -0.117. The Morgan fingerprint density at radius 3 is 2.28 bits per heavy atom. The molecule has 1 unspecified atom stereocenters. The van der Waals surface area contributed by atoms with Gasteiger partial charge in [0.2, 0.25) is 6.41 Å².